The lowest BCUT2D eigenvalue weighted by Crippen LogP contribution is -2.11. The second kappa shape index (κ2) is 8.24. The van der Waals surface area contributed by atoms with E-state index >= 15 is 0 Å². The van der Waals surface area contributed by atoms with E-state index in [2.05, 4.69) is 16.0 Å². The quantitative estimate of drug-likeness (QED) is 0.515. The van der Waals surface area contributed by atoms with E-state index in [0.29, 0.717) is 23.3 Å². The SMILES string of the molecule is N#C/C(=C\c1ccccc1OCc1ccccc1)c1nc2ccccc2c(=O)[nH]1. The largest absolute Gasteiger partial charge is 0.488 e. The number of aromatic nitrogens is 2. The molecular formula is C24H17N3O2. The molecule has 5 heteroatoms. The number of nitrogens with zero attached hydrogens (tertiary/aromatic N) is 2. The van der Waals surface area contributed by atoms with Crippen LogP contribution in [0.3, 0.4) is 0 Å². The fourth-order valence-corrected chi connectivity index (χ4v) is 2.99. The third-order valence-corrected chi connectivity index (χ3v) is 4.44. The van der Waals surface area contributed by atoms with Crippen molar-refractivity contribution in [3.63, 3.8) is 0 Å². The highest BCUT2D eigenvalue weighted by Crippen LogP contribution is 2.24. The number of fused-ring (bicyclic) bond motifs is 1. The first-order valence-electron chi connectivity index (χ1n) is 9.11. The van der Waals surface area contributed by atoms with Gasteiger partial charge in [0.25, 0.3) is 5.56 Å². The molecule has 0 amide bonds. The first kappa shape index (κ1) is 18.2. The average Bonchev–Trinajstić information content (AvgIpc) is 2.77. The van der Waals surface area contributed by atoms with E-state index in [4.69, 9.17) is 4.74 Å². The third kappa shape index (κ3) is 4.07. The van der Waals surface area contributed by atoms with Gasteiger partial charge in [0.15, 0.2) is 5.82 Å². The Morgan fingerprint density at radius 2 is 1.72 bits per heavy atom. The summed E-state index contributed by atoms with van der Waals surface area (Å²) in [7, 11) is 0. The van der Waals surface area contributed by atoms with Crippen LogP contribution in [-0.4, -0.2) is 9.97 Å². The van der Waals surface area contributed by atoms with Gasteiger partial charge in [-0.2, -0.15) is 5.26 Å². The summed E-state index contributed by atoms with van der Waals surface area (Å²) in [5.74, 6) is 0.876. The zero-order chi connectivity index (χ0) is 20.1. The summed E-state index contributed by atoms with van der Waals surface area (Å²) in [5.41, 5.74) is 2.30. The van der Waals surface area contributed by atoms with E-state index in [1.807, 2.05) is 54.6 Å². The molecule has 4 aromatic rings. The summed E-state index contributed by atoms with van der Waals surface area (Å²) in [6.07, 6.45) is 1.67. The molecule has 0 bridgehead atoms. The summed E-state index contributed by atoms with van der Waals surface area (Å²) in [4.78, 5) is 19.5. The minimum Gasteiger partial charge on any atom is -0.488 e. The number of para-hydroxylation sites is 2. The minimum absolute atomic E-state index is 0.231. The molecule has 29 heavy (non-hydrogen) atoms. The fraction of sp³-hybridized carbons (Fsp3) is 0.0417. The Balaban J connectivity index is 1.69. The monoisotopic (exact) mass is 379 g/mol. The van der Waals surface area contributed by atoms with E-state index in [1.54, 1.807) is 30.3 Å². The molecule has 0 spiro atoms. The lowest BCUT2D eigenvalue weighted by Gasteiger charge is -2.10. The van der Waals surface area contributed by atoms with Crippen LogP contribution in [-0.2, 0) is 6.61 Å². The predicted octanol–water partition coefficient (Wildman–Crippen LogP) is 4.57. The van der Waals surface area contributed by atoms with Gasteiger partial charge in [0.2, 0.25) is 0 Å². The van der Waals surface area contributed by atoms with Gasteiger partial charge in [-0.1, -0.05) is 60.7 Å². The molecule has 4 rings (SSSR count). The van der Waals surface area contributed by atoms with Crippen LogP contribution < -0.4 is 10.3 Å². The Morgan fingerprint density at radius 3 is 2.55 bits per heavy atom. The molecule has 1 aromatic heterocycles. The highest BCUT2D eigenvalue weighted by atomic mass is 16.5. The molecule has 1 N–H and O–H groups in total. The fourth-order valence-electron chi connectivity index (χ4n) is 2.99. The van der Waals surface area contributed by atoms with Crippen molar-refractivity contribution in [1.82, 2.24) is 9.97 Å². The molecule has 0 aliphatic carbocycles. The van der Waals surface area contributed by atoms with Crippen LogP contribution in [0.4, 0.5) is 0 Å². The first-order valence-corrected chi connectivity index (χ1v) is 9.11. The summed E-state index contributed by atoms with van der Waals surface area (Å²) < 4.78 is 5.95. The number of nitriles is 1. The van der Waals surface area contributed by atoms with E-state index in [-0.39, 0.29) is 17.0 Å². The number of benzene rings is 3. The van der Waals surface area contributed by atoms with Gasteiger partial charge in [-0.05, 0) is 29.8 Å². The van der Waals surface area contributed by atoms with Crippen molar-refractivity contribution in [2.75, 3.05) is 0 Å². The van der Waals surface area contributed by atoms with Gasteiger partial charge < -0.3 is 9.72 Å². The van der Waals surface area contributed by atoms with Crippen LogP contribution in [0.5, 0.6) is 5.75 Å². The van der Waals surface area contributed by atoms with Crippen LogP contribution in [0.2, 0.25) is 0 Å². The van der Waals surface area contributed by atoms with Crippen molar-refractivity contribution in [3.8, 4) is 11.8 Å². The van der Waals surface area contributed by atoms with Crippen LogP contribution in [0.25, 0.3) is 22.6 Å². The third-order valence-electron chi connectivity index (χ3n) is 4.44. The lowest BCUT2D eigenvalue weighted by molar-refractivity contribution is 0.305. The molecule has 3 aromatic carbocycles. The number of allylic oxidation sites excluding steroid dienone is 1. The highest BCUT2D eigenvalue weighted by molar-refractivity contribution is 5.90. The van der Waals surface area contributed by atoms with Crippen molar-refractivity contribution in [3.05, 3.63) is 106 Å². The summed E-state index contributed by atoms with van der Waals surface area (Å²) in [6, 6.07) is 26.5. The van der Waals surface area contributed by atoms with Crippen LogP contribution in [0.15, 0.2) is 83.7 Å². The molecule has 140 valence electrons. The number of nitrogens with one attached hydrogen (secondary N) is 1. The lowest BCUT2D eigenvalue weighted by atomic mass is 10.1. The van der Waals surface area contributed by atoms with Gasteiger partial charge >= 0.3 is 0 Å². The Labute approximate surface area is 167 Å². The van der Waals surface area contributed by atoms with Gasteiger partial charge in [-0.15, -0.1) is 0 Å². The molecule has 0 saturated carbocycles. The van der Waals surface area contributed by atoms with Crippen molar-refractivity contribution in [2.45, 2.75) is 6.61 Å². The number of hydrogen-bond donors (Lipinski definition) is 1. The van der Waals surface area contributed by atoms with Gasteiger partial charge in [0, 0.05) is 5.56 Å². The zero-order valence-corrected chi connectivity index (χ0v) is 15.5. The van der Waals surface area contributed by atoms with Crippen LogP contribution in [0, 0.1) is 11.3 Å². The van der Waals surface area contributed by atoms with Gasteiger partial charge in [0.05, 0.1) is 16.5 Å². The van der Waals surface area contributed by atoms with Crippen molar-refractivity contribution in [2.24, 2.45) is 0 Å². The van der Waals surface area contributed by atoms with Crippen LogP contribution in [0.1, 0.15) is 17.0 Å². The molecule has 0 aliphatic heterocycles. The standard InChI is InChI=1S/C24H17N3O2/c25-15-19(23-26-21-12-6-5-11-20(21)24(28)27-23)14-18-10-4-7-13-22(18)29-16-17-8-2-1-3-9-17/h1-14H,16H2,(H,26,27,28)/b19-14+. The molecule has 5 nitrogen and oxygen atoms in total. The Hall–Kier alpha value is -4.17. The van der Waals surface area contributed by atoms with Crippen molar-refractivity contribution in [1.29, 1.82) is 5.26 Å². The number of hydrogen-bond acceptors (Lipinski definition) is 4. The first-order chi connectivity index (χ1) is 14.2. The van der Waals surface area contributed by atoms with E-state index in [0.717, 1.165) is 11.1 Å². The molecule has 0 aliphatic rings. The second-order valence-electron chi connectivity index (χ2n) is 6.41. The van der Waals surface area contributed by atoms with Crippen molar-refractivity contribution < 1.29 is 4.74 Å². The number of aromatic amines is 1. The normalized spacial score (nSPS) is 11.2. The predicted molar refractivity (Wildman–Crippen MR) is 113 cm³/mol. The van der Waals surface area contributed by atoms with E-state index in [1.165, 1.54) is 0 Å². The van der Waals surface area contributed by atoms with E-state index in [9.17, 15) is 10.1 Å². The smallest absolute Gasteiger partial charge is 0.259 e. The summed E-state index contributed by atoms with van der Waals surface area (Å²) >= 11 is 0. The Kier molecular flexibility index (Phi) is 5.17. The topological polar surface area (TPSA) is 78.8 Å². The molecule has 0 fully saturated rings. The molecule has 0 atom stereocenters. The zero-order valence-electron chi connectivity index (χ0n) is 15.5. The summed E-state index contributed by atoms with van der Waals surface area (Å²) in [6.45, 7) is 0.415. The van der Waals surface area contributed by atoms with Gasteiger partial charge in [0.1, 0.15) is 18.4 Å². The second-order valence-corrected chi connectivity index (χ2v) is 6.41. The van der Waals surface area contributed by atoms with Crippen molar-refractivity contribution >= 4 is 22.6 Å². The number of rotatable bonds is 5. The van der Waals surface area contributed by atoms with Crippen LogP contribution >= 0.6 is 0 Å². The highest BCUT2D eigenvalue weighted by Gasteiger charge is 2.10. The average molecular weight is 379 g/mol. The molecule has 0 saturated heterocycles. The molecule has 0 unspecified atom stereocenters. The maximum absolute atomic E-state index is 12.3. The maximum Gasteiger partial charge on any atom is 0.259 e. The van der Waals surface area contributed by atoms with E-state index < -0.39 is 0 Å². The number of ether oxygens (including phenoxy) is 1. The van der Waals surface area contributed by atoms with Gasteiger partial charge in [-0.3, -0.25) is 4.79 Å². The number of H-pyrrole nitrogens is 1. The molecular weight excluding hydrogens is 362 g/mol. The Bertz CT molecular complexity index is 1280. The minimum atomic E-state index is -0.277. The summed E-state index contributed by atoms with van der Waals surface area (Å²) in [5, 5.41) is 10.2. The van der Waals surface area contributed by atoms with Gasteiger partial charge in [-0.25, -0.2) is 4.98 Å². The Morgan fingerprint density at radius 1 is 1.00 bits per heavy atom. The molecule has 1 heterocycles. The maximum atomic E-state index is 12.3. The molecule has 0 radical (unpaired) electrons.